The van der Waals surface area contributed by atoms with Crippen LogP contribution < -0.4 is 0 Å². The second kappa shape index (κ2) is 5.08. The molecular weight excluding hydrogens is 302 g/mol. The molecule has 5 heteroatoms. The van der Waals surface area contributed by atoms with Crippen molar-refractivity contribution in [3.8, 4) is 0 Å². The normalized spacial score (nSPS) is 25.3. The van der Waals surface area contributed by atoms with Gasteiger partial charge in [0.05, 0.1) is 9.20 Å². The zero-order valence-corrected chi connectivity index (χ0v) is 12.2. The van der Waals surface area contributed by atoms with Crippen molar-refractivity contribution < 1.29 is 9.90 Å². The number of halogens is 1. The lowest BCUT2D eigenvalue weighted by Gasteiger charge is -2.22. The maximum absolute atomic E-state index is 11.3. The van der Waals surface area contributed by atoms with Gasteiger partial charge < -0.3 is 5.11 Å². The summed E-state index contributed by atoms with van der Waals surface area (Å²) in [5.74, 6) is -0.644. The van der Waals surface area contributed by atoms with Crippen molar-refractivity contribution in [2.24, 2.45) is 5.41 Å². The van der Waals surface area contributed by atoms with Crippen molar-refractivity contribution >= 4 is 33.2 Å². The van der Waals surface area contributed by atoms with E-state index in [1.807, 2.05) is 13.0 Å². The molecule has 2 rings (SSSR count). The first-order valence-corrected chi connectivity index (χ1v) is 7.37. The molecule has 0 spiro atoms. The molecule has 94 valence electrons. The molecule has 3 nitrogen and oxygen atoms in total. The first-order valence-electron chi connectivity index (χ1n) is 5.76. The Labute approximate surface area is 114 Å². The summed E-state index contributed by atoms with van der Waals surface area (Å²) in [5, 5.41) is 9.32. The van der Waals surface area contributed by atoms with E-state index in [4.69, 9.17) is 0 Å². The Morgan fingerprint density at radius 3 is 2.88 bits per heavy atom. The average molecular weight is 318 g/mol. The molecule has 0 amide bonds. The number of likely N-dealkylation sites (tertiary alicyclic amines) is 1. The van der Waals surface area contributed by atoms with Crippen molar-refractivity contribution in [2.75, 3.05) is 13.1 Å². The predicted molar refractivity (Wildman–Crippen MR) is 72.3 cm³/mol. The molecule has 0 saturated carbocycles. The van der Waals surface area contributed by atoms with E-state index in [0.29, 0.717) is 13.0 Å². The number of nitrogens with zero attached hydrogens (tertiary/aromatic N) is 1. The van der Waals surface area contributed by atoms with Gasteiger partial charge in [-0.2, -0.15) is 0 Å². The van der Waals surface area contributed by atoms with Crippen LogP contribution in [0.1, 0.15) is 24.6 Å². The number of carbonyl (C=O) groups is 1. The van der Waals surface area contributed by atoms with E-state index in [9.17, 15) is 9.90 Å². The Bertz CT molecular complexity index is 420. The van der Waals surface area contributed by atoms with Crippen molar-refractivity contribution in [1.82, 2.24) is 4.90 Å². The summed E-state index contributed by atoms with van der Waals surface area (Å²) in [4.78, 5) is 14.9. The summed E-state index contributed by atoms with van der Waals surface area (Å²) in [7, 11) is 0. The largest absolute Gasteiger partial charge is 0.481 e. The van der Waals surface area contributed by atoms with Crippen LogP contribution in [0.25, 0.3) is 0 Å². The van der Waals surface area contributed by atoms with Gasteiger partial charge >= 0.3 is 5.97 Å². The van der Waals surface area contributed by atoms with Gasteiger partial charge in [-0.3, -0.25) is 9.69 Å². The van der Waals surface area contributed by atoms with Gasteiger partial charge in [-0.05, 0) is 47.4 Å². The van der Waals surface area contributed by atoms with E-state index in [2.05, 4.69) is 26.9 Å². The van der Waals surface area contributed by atoms with Crippen LogP contribution in [0.2, 0.25) is 0 Å². The molecule has 0 bridgehead atoms. The van der Waals surface area contributed by atoms with Crippen LogP contribution >= 0.6 is 27.3 Å². The fraction of sp³-hybridized carbons (Fsp3) is 0.583. The number of carboxylic acid groups (broad SMARTS) is 1. The highest BCUT2D eigenvalue weighted by molar-refractivity contribution is 9.11. The van der Waals surface area contributed by atoms with Gasteiger partial charge in [0.1, 0.15) is 0 Å². The Kier molecular flexibility index (Phi) is 3.90. The average Bonchev–Trinajstić information content (AvgIpc) is 2.87. The third-order valence-corrected chi connectivity index (χ3v) is 5.18. The highest BCUT2D eigenvalue weighted by Gasteiger charge is 2.43. The minimum Gasteiger partial charge on any atom is -0.481 e. The molecule has 1 saturated heterocycles. The van der Waals surface area contributed by atoms with E-state index in [-0.39, 0.29) is 0 Å². The van der Waals surface area contributed by atoms with Crippen LogP contribution in [0, 0.1) is 5.41 Å². The maximum atomic E-state index is 11.3. The van der Waals surface area contributed by atoms with E-state index < -0.39 is 11.4 Å². The Hall–Kier alpha value is -0.390. The molecule has 0 radical (unpaired) electrons. The highest BCUT2D eigenvalue weighted by atomic mass is 79.9. The molecule has 1 aliphatic heterocycles. The molecule has 1 fully saturated rings. The van der Waals surface area contributed by atoms with Gasteiger partial charge in [0.25, 0.3) is 0 Å². The molecule has 0 aromatic carbocycles. The van der Waals surface area contributed by atoms with Gasteiger partial charge in [-0.25, -0.2) is 0 Å². The molecular formula is C12H16BrNO2S. The van der Waals surface area contributed by atoms with Gasteiger partial charge in [0.15, 0.2) is 0 Å². The molecule has 1 aromatic rings. The van der Waals surface area contributed by atoms with E-state index in [1.165, 1.54) is 4.88 Å². The van der Waals surface area contributed by atoms with Crippen molar-refractivity contribution in [3.05, 3.63) is 20.8 Å². The Morgan fingerprint density at radius 1 is 1.65 bits per heavy atom. The minimum absolute atomic E-state index is 0.519. The summed E-state index contributed by atoms with van der Waals surface area (Å²) in [5.41, 5.74) is -0.519. The maximum Gasteiger partial charge on any atom is 0.310 e. The number of thiophene rings is 1. The smallest absolute Gasteiger partial charge is 0.310 e. The Balaban J connectivity index is 2.00. The summed E-state index contributed by atoms with van der Waals surface area (Å²) in [6, 6.07) is 4.14. The summed E-state index contributed by atoms with van der Waals surface area (Å²) >= 11 is 5.17. The van der Waals surface area contributed by atoms with E-state index in [0.717, 1.165) is 23.3 Å². The van der Waals surface area contributed by atoms with Crippen LogP contribution in [0.15, 0.2) is 15.9 Å². The summed E-state index contributed by atoms with van der Waals surface area (Å²) in [6.07, 6.45) is 1.48. The lowest BCUT2D eigenvalue weighted by molar-refractivity contribution is -0.148. The van der Waals surface area contributed by atoms with Crippen molar-refractivity contribution in [3.63, 3.8) is 0 Å². The van der Waals surface area contributed by atoms with Crippen LogP contribution in [0.3, 0.4) is 0 Å². The number of rotatable bonds is 4. The first-order chi connectivity index (χ1) is 8.05. The number of hydrogen-bond acceptors (Lipinski definition) is 3. The molecule has 1 atom stereocenters. The molecule has 1 N–H and O–H groups in total. The first kappa shape index (κ1) is 13.1. The molecule has 1 aromatic heterocycles. The van der Waals surface area contributed by atoms with E-state index in [1.54, 1.807) is 11.3 Å². The lowest BCUT2D eigenvalue weighted by Crippen LogP contribution is -2.33. The van der Waals surface area contributed by atoms with Crippen molar-refractivity contribution in [2.45, 2.75) is 26.3 Å². The topological polar surface area (TPSA) is 40.5 Å². The van der Waals surface area contributed by atoms with Crippen LogP contribution in [0.4, 0.5) is 0 Å². The quantitative estimate of drug-likeness (QED) is 0.927. The van der Waals surface area contributed by atoms with Gasteiger partial charge in [0, 0.05) is 18.0 Å². The number of carboxylic acids is 1. The second-order valence-electron chi connectivity index (χ2n) is 4.61. The molecule has 17 heavy (non-hydrogen) atoms. The molecule has 1 unspecified atom stereocenters. The summed E-state index contributed by atoms with van der Waals surface area (Å²) in [6.45, 7) is 4.40. The van der Waals surface area contributed by atoms with Crippen LogP contribution in [-0.4, -0.2) is 29.1 Å². The molecule has 1 aliphatic rings. The monoisotopic (exact) mass is 317 g/mol. The third-order valence-electron chi connectivity index (χ3n) is 3.57. The zero-order chi connectivity index (χ0) is 12.5. The Morgan fingerprint density at radius 2 is 2.41 bits per heavy atom. The fourth-order valence-corrected chi connectivity index (χ4v) is 3.89. The number of aliphatic carboxylic acids is 1. The minimum atomic E-state index is -0.644. The van der Waals surface area contributed by atoms with Gasteiger partial charge in [-0.1, -0.05) is 6.92 Å². The lowest BCUT2D eigenvalue weighted by atomic mass is 9.84. The van der Waals surface area contributed by atoms with Gasteiger partial charge in [0.2, 0.25) is 0 Å². The van der Waals surface area contributed by atoms with Gasteiger partial charge in [-0.15, -0.1) is 11.3 Å². The molecule has 0 aliphatic carbocycles. The second-order valence-corrected chi connectivity index (χ2v) is 7.15. The predicted octanol–water partition coefficient (Wildman–Crippen LogP) is 3.20. The zero-order valence-electron chi connectivity index (χ0n) is 9.78. The fourth-order valence-electron chi connectivity index (χ4n) is 2.36. The van der Waals surface area contributed by atoms with E-state index >= 15 is 0 Å². The third kappa shape index (κ3) is 2.72. The van der Waals surface area contributed by atoms with Crippen LogP contribution in [-0.2, 0) is 11.3 Å². The standard InChI is InChI=1S/C12H16BrNO2S/c1-2-12(11(15)16)5-6-14(8-12)7-9-3-4-10(13)17-9/h3-4H,2,5-8H2,1H3,(H,15,16). The van der Waals surface area contributed by atoms with Crippen LogP contribution in [0.5, 0.6) is 0 Å². The highest BCUT2D eigenvalue weighted by Crippen LogP contribution is 2.35. The number of hydrogen-bond donors (Lipinski definition) is 1. The summed E-state index contributed by atoms with van der Waals surface area (Å²) < 4.78 is 1.13. The SMILES string of the molecule is CCC1(C(=O)O)CCN(Cc2ccc(Br)s2)C1. The van der Waals surface area contributed by atoms with Crippen molar-refractivity contribution in [1.29, 1.82) is 0 Å². The molecule has 2 heterocycles.